The van der Waals surface area contributed by atoms with Crippen LogP contribution in [0.3, 0.4) is 0 Å². The van der Waals surface area contributed by atoms with E-state index in [2.05, 4.69) is 4.90 Å². The van der Waals surface area contributed by atoms with Crippen molar-refractivity contribution < 1.29 is 9.53 Å². The van der Waals surface area contributed by atoms with Gasteiger partial charge in [0.25, 0.3) is 0 Å². The maximum Gasteiger partial charge on any atom is 0.305 e. The molecule has 2 aliphatic carbocycles. The predicted molar refractivity (Wildman–Crippen MR) is 82.1 cm³/mol. The highest BCUT2D eigenvalue weighted by Crippen LogP contribution is 2.44. The minimum atomic E-state index is 0. The molecule has 0 aromatic rings. The summed E-state index contributed by atoms with van der Waals surface area (Å²) in [6.45, 7) is 4.43. The Bertz CT molecular complexity index is 330. The SMILES string of the molecule is CCC(=O)OC1C2CCCC1C(N1CCCC1)CC2.Cl. The molecule has 0 aromatic heterocycles. The highest BCUT2D eigenvalue weighted by molar-refractivity contribution is 5.85. The van der Waals surface area contributed by atoms with Gasteiger partial charge in [0.15, 0.2) is 0 Å². The summed E-state index contributed by atoms with van der Waals surface area (Å²) in [7, 11) is 0. The third-order valence-electron chi connectivity index (χ3n) is 5.49. The van der Waals surface area contributed by atoms with E-state index in [0.717, 1.165) is 0 Å². The molecule has 1 heterocycles. The van der Waals surface area contributed by atoms with E-state index < -0.39 is 0 Å². The Morgan fingerprint density at radius 1 is 1.10 bits per heavy atom. The van der Waals surface area contributed by atoms with Gasteiger partial charge in [0, 0.05) is 18.4 Å². The first kappa shape index (κ1) is 16.1. The maximum absolute atomic E-state index is 11.7. The van der Waals surface area contributed by atoms with Crippen molar-refractivity contribution in [1.29, 1.82) is 0 Å². The lowest BCUT2D eigenvalue weighted by atomic mass is 9.67. The zero-order valence-corrected chi connectivity index (χ0v) is 13.4. The normalized spacial score (nSPS) is 37.2. The Labute approximate surface area is 128 Å². The number of fused-ring (bicyclic) bond motifs is 2. The second-order valence-corrected chi connectivity index (χ2v) is 6.55. The Balaban J connectivity index is 0.00000147. The Kier molecular flexibility index (Phi) is 5.74. The Morgan fingerprint density at radius 2 is 1.85 bits per heavy atom. The first-order chi connectivity index (χ1) is 9.29. The molecule has 3 rings (SSSR count). The average molecular weight is 302 g/mol. The first-order valence-corrected chi connectivity index (χ1v) is 8.23. The second-order valence-electron chi connectivity index (χ2n) is 6.55. The van der Waals surface area contributed by atoms with Crippen LogP contribution in [-0.4, -0.2) is 36.1 Å². The van der Waals surface area contributed by atoms with Crippen molar-refractivity contribution in [2.45, 2.75) is 70.4 Å². The van der Waals surface area contributed by atoms with Gasteiger partial charge in [-0.3, -0.25) is 9.69 Å². The number of carbonyl (C=O) groups excluding carboxylic acids is 1. The van der Waals surface area contributed by atoms with Gasteiger partial charge < -0.3 is 4.74 Å². The summed E-state index contributed by atoms with van der Waals surface area (Å²) in [5.74, 6) is 1.26. The molecular weight excluding hydrogens is 274 g/mol. The van der Waals surface area contributed by atoms with Crippen molar-refractivity contribution in [2.24, 2.45) is 11.8 Å². The predicted octanol–water partition coefficient (Wildman–Crippen LogP) is 3.40. The molecule has 20 heavy (non-hydrogen) atoms. The van der Waals surface area contributed by atoms with E-state index >= 15 is 0 Å². The smallest absolute Gasteiger partial charge is 0.305 e. The van der Waals surface area contributed by atoms with Crippen molar-refractivity contribution in [3.05, 3.63) is 0 Å². The van der Waals surface area contributed by atoms with Crippen molar-refractivity contribution in [2.75, 3.05) is 13.1 Å². The summed E-state index contributed by atoms with van der Waals surface area (Å²) in [4.78, 5) is 14.4. The fourth-order valence-electron chi connectivity index (χ4n) is 4.56. The zero-order chi connectivity index (χ0) is 13.2. The Hall–Kier alpha value is -0.280. The highest BCUT2D eigenvalue weighted by Gasteiger charge is 2.45. The van der Waals surface area contributed by atoms with E-state index in [-0.39, 0.29) is 24.5 Å². The minimum Gasteiger partial charge on any atom is -0.462 e. The monoisotopic (exact) mass is 301 g/mol. The number of ether oxygens (including phenoxy) is 1. The number of halogens is 1. The van der Waals surface area contributed by atoms with Crippen LogP contribution >= 0.6 is 12.4 Å². The minimum absolute atomic E-state index is 0. The van der Waals surface area contributed by atoms with Crippen LogP contribution in [0.5, 0.6) is 0 Å². The van der Waals surface area contributed by atoms with Gasteiger partial charge in [-0.05, 0) is 57.5 Å². The van der Waals surface area contributed by atoms with Gasteiger partial charge >= 0.3 is 5.97 Å². The zero-order valence-electron chi connectivity index (χ0n) is 12.6. The van der Waals surface area contributed by atoms with Crippen molar-refractivity contribution in [3.63, 3.8) is 0 Å². The highest BCUT2D eigenvalue weighted by atomic mass is 35.5. The number of nitrogens with zero attached hydrogens (tertiary/aromatic N) is 1. The first-order valence-electron chi connectivity index (χ1n) is 8.23. The number of rotatable bonds is 3. The van der Waals surface area contributed by atoms with E-state index in [0.29, 0.717) is 24.3 Å². The van der Waals surface area contributed by atoms with Gasteiger partial charge in [0.1, 0.15) is 6.10 Å². The Morgan fingerprint density at radius 3 is 2.55 bits per heavy atom. The summed E-state index contributed by atoms with van der Waals surface area (Å²) in [6.07, 6.45) is 9.90. The van der Waals surface area contributed by atoms with Crippen LogP contribution in [0.1, 0.15) is 58.3 Å². The molecule has 4 unspecified atom stereocenters. The fraction of sp³-hybridized carbons (Fsp3) is 0.938. The van der Waals surface area contributed by atoms with E-state index in [1.54, 1.807) is 0 Å². The fourth-order valence-corrected chi connectivity index (χ4v) is 4.56. The molecule has 3 nitrogen and oxygen atoms in total. The van der Waals surface area contributed by atoms with Gasteiger partial charge in [0.2, 0.25) is 0 Å². The third kappa shape index (κ3) is 3.14. The van der Waals surface area contributed by atoms with E-state index in [1.165, 1.54) is 58.0 Å². The molecule has 0 spiro atoms. The van der Waals surface area contributed by atoms with Gasteiger partial charge in [-0.1, -0.05) is 13.3 Å². The number of hydrogen-bond acceptors (Lipinski definition) is 3. The molecule has 0 N–H and O–H groups in total. The van der Waals surface area contributed by atoms with Crippen LogP contribution in [0.25, 0.3) is 0 Å². The standard InChI is InChI=1S/C16H27NO2.ClH/c1-2-15(18)19-16-12-6-5-7-13(16)14(9-8-12)17-10-3-4-11-17;/h12-14,16H,2-11H2,1H3;1H. The molecule has 0 aromatic carbocycles. The summed E-state index contributed by atoms with van der Waals surface area (Å²) in [5.41, 5.74) is 0. The van der Waals surface area contributed by atoms with Crippen molar-refractivity contribution in [3.8, 4) is 0 Å². The van der Waals surface area contributed by atoms with Gasteiger partial charge in [-0.2, -0.15) is 0 Å². The summed E-state index contributed by atoms with van der Waals surface area (Å²) in [6, 6.07) is 0.689. The van der Waals surface area contributed by atoms with Crippen LogP contribution in [0, 0.1) is 11.8 Å². The van der Waals surface area contributed by atoms with Gasteiger partial charge in [0.05, 0.1) is 0 Å². The molecule has 2 bridgehead atoms. The molecular formula is C16H28ClNO2. The van der Waals surface area contributed by atoms with Crippen LogP contribution in [0.15, 0.2) is 0 Å². The molecule has 116 valence electrons. The molecule has 1 aliphatic heterocycles. The number of carbonyl (C=O) groups is 1. The molecule has 0 amide bonds. The van der Waals surface area contributed by atoms with Crippen LogP contribution in [-0.2, 0) is 9.53 Å². The third-order valence-corrected chi connectivity index (χ3v) is 5.49. The molecule has 3 aliphatic rings. The largest absolute Gasteiger partial charge is 0.462 e. The molecule has 2 saturated carbocycles. The summed E-state index contributed by atoms with van der Waals surface area (Å²) < 4.78 is 5.83. The summed E-state index contributed by atoms with van der Waals surface area (Å²) in [5, 5.41) is 0. The lowest BCUT2D eigenvalue weighted by Crippen LogP contribution is -2.53. The van der Waals surface area contributed by atoms with Crippen LogP contribution in [0.4, 0.5) is 0 Å². The van der Waals surface area contributed by atoms with E-state index in [1.807, 2.05) is 6.92 Å². The van der Waals surface area contributed by atoms with Crippen molar-refractivity contribution in [1.82, 2.24) is 4.90 Å². The molecule has 4 heteroatoms. The number of esters is 1. The van der Waals surface area contributed by atoms with Crippen LogP contribution in [0.2, 0.25) is 0 Å². The van der Waals surface area contributed by atoms with Gasteiger partial charge in [-0.15, -0.1) is 12.4 Å². The van der Waals surface area contributed by atoms with E-state index in [4.69, 9.17) is 4.74 Å². The average Bonchev–Trinajstić information content (AvgIpc) is 2.92. The molecule has 3 fully saturated rings. The second kappa shape index (κ2) is 7.13. The quantitative estimate of drug-likeness (QED) is 0.748. The lowest BCUT2D eigenvalue weighted by Gasteiger charge is -2.48. The van der Waals surface area contributed by atoms with Crippen LogP contribution < -0.4 is 0 Å². The molecule has 0 radical (unpaired) electrons. The topological polar surface area (TPSA) is 29.5 Å². The number of hydrogen-bond donors (Lipinski definition) is 0. The maximum atomic E-state index is 11.7. The molecule has 1 saturated heterocycles. The summed E-state index contributed by atoms with van der Waals surface area (Å²) >= 11 is 0. The molecule has 4 atom stereocenters. The van der Waals surface area contributed by atoms with Gasteiger partial charge in [-0.25, -0.2) is 0 Å². The van der Waals surface area contributed by atoms with E-state index in [9.17, 15) is 4.79 Å². The van der Waals surface area contributed by atoms with Crippen molar-refractivity contribution >= 4 is 18.4 Å². The lowest BCUT2D eigenvalue weighted by molar-refractivity contribution is -0.164. The number of likely N-dealkylation sites (tertiary alicyclic amines) is 1.